The summed E-state index contributed by atoms with van der Waals surface area (Å²) in [5.74, 6) is 0. The predicted molar refractivity (Wildman–Crippen MR) is 459 cm³/mol. The van der Waals surface area contributed by atoms with Crippen molar-refractivity contribution in [2.75, 3.05) is 9.80 Å². The van der Waals surface area contributed by atoms with Gasteiger partial charge in [-0.15, -0.1) is 0 Å². The van der Waals surface area contributed by atoms with E-state index in [0.717, 1.165) is 45.5 Å². The Morgan fingerprint density at radius 3 is 0.824 bits per heavy atom. The molecule has 108 heavy (non-hydrogen) atoms. The molecule has 0 spiro atoms. The van der Waals surface area contributed by atoms with E-state index in [4.69, 9.17) is 0 Å². The van der Waals surface area contributed by atoms with Gasteiger partial charge < -0.3 is 18.9 Å². The molecule has 0 aliphatic heterocycles. The lowest BCUT2D eigenvalue weighted by atomic mass is 10.00. The third kappa shape index (κ3) is 12.3. The molecular formula is C104H72N4. The molecule has 0 atom stereocenters. The first kappa shape index (κ1) is 64.5. The quantitative estimate of drug-likeness (QED) is 0.108. The molecule has 2 aromatic heterocycles. The first-order valence-corrected chi connectivity index (χ1v) is 37.0. The highest BCUT2D eigenvalue weighted by molar-refractivity contribution is 6.22. The van der Waals surface area contributed by atoms with E-state index in [2.05, 4.69) is 456 Å². The van der Waals surface area contributed by atoms with Crippen LogP contribution in [0.3, 0.4) is 0 Å². The molecule has 0 saturated heterocycles. The maximum atomic E-state index is 2.42. The van der Waals surface area contributed by atoms with Crippen molar-refractivity contribution in [3.63, 3.8) is 0 Å². The molecule has 0 saturated carbocycles. The lowest BCUT2D eigenvalue weighted by Gasteiger charge is -2.26. The Labute approximate surface area is 629 Å². The molecule has 0 aliphatic carbocycles. The molecule has 508 valence electrons. The summed E-state index contributed by atoms with van der Waals surface area (Å²) in [5, 5.41) is 10.2. The Bertz CT molecular complexity index is 6550. The van der Waals surface area contributed by atoms with E-state index < -0.39 is 0 Å². The molecule has 0 N–H and O–H groups in total. The van der Waals surface area contributed by atoms with Gasteiger partial charge in [0.1, 0.15) is 0 Å². The van der Waals surface area contributed by atoms with Crippen LogP contribution in [0, 0.1) is 0 Å². The third-order valence-corrected chi connectivity index (χ3v) is 21.2. The minimum atomic E-state index is 1.11. The fourth-order valence-electron chi connectivity index (χ4n) is 15.9. The number of rotatable bonds is 14. The van der Waals surface area contributed by atoms with Gasteiger partial charge in [-0.3, -0.25) is 0 Å². The SMILES string of the molecule is c1ccc(-c2ccc(-c3ccc(N(c4ccccc4)c4ccc(-c5ccc(-n6c7ccccc7c7c8ccccc8ccc76)cc5)cc4)cc3)cc2)cc1.c1ccc(-c2ccc(-c3ccc(N(c4ccccc4)c4ccc(-c5ccc(-n6c7ccccc7c7ccc8ccccc8c76)cc5)cc4)cc3)cc2)cc1. The van der Waals surface area contributed by atoms with Gasteiger partial charge in [0, 0.05) is 72.4 Å². The lowest BCUT2D eigenvalue weighted by molar-refractivity contribution is 1.18. The molecule has 0 bridgehead atoms. The second-order valence-electron chi connectivity index (χ2n) is 27.6. The van der Waals surface area contributed by atoms with E-state index in [1.807, 2.05) is 0 Å². The minimum absolute atomic E-state index is 1.11. The van der Waals surface area contributed by atoms with E-state index in [9.17, 15) is 0 Å². The van der Waals surface area contributed by atoms with Crippen molar-refractivity contribution in [1.82, 2.24) is 9.13 Å². The Balaban J connectivity index is 0.000000147. The summed E-state index contributed by atoms with van der Waals surface area (Å²) in [6.07, 6.45) is 0. The first-order valence-electron chi connectivity index (χ1n) is 37.0. The average Bonchev–Trinajstić information content (AvgIpc) is 1.58. The summed E-state index contributed by atoms with van der Waals surface area (Å²) in [4.78, 5) is 4.64. The van der Waals surface area contributed by atoms with Gasteiger partial charge in [-0.25, -0.2) is 0 Å². The molecule has 0 amide bonds. The van der Waals surface area contributed by atoms with Crippen LogP contribution in [0.25, 0.3) is 143 Å². The van der Waals surface area contributed by atoms with Crippen molar-refractivity contribution >= 4 is 99.3 Å². The Hall–Kier alpha value is -14.3. The van der Waals surface area contributed by atoms with Crippen LogP contribution >= 0.6 is 0 Å². The predicted octanol–water partition coefficient (Wildman–Crippen LogP) is 28.8. The van der Waals surface area contributed by atoms with E-state index in [1.165, 1.54) is 132 Å². The molecule has 20 aromatic rings. The maximum absolute atomic E-state index is 2.42. The van der Waals surface area contributed by atoms with Crippen LogP contribution in [0.1, 0.15) is 0 Å². The van der Waals surface area contributed by atoms with Crippen molar-refractivity contribution in [2.24, 2.45) is 0 Å². The molecule has 4 nitrogen and oxygen atoms in total. The summed E-state index contributed by atoms with van der Waals surface area (Å²) in [7, 11) is 0. The van der Waals surface area contributed by atoms with Gasteiger partial charge in [-0.1, -0.05) is 322 Å². The largest absolute Gasteiger partial charge is 0.311 e. The van der Waals surface area contributed by atoms with Crippen molar-refractivity contribution in [1.29, 1.82) is 0 Å². The van der Waals surface area contributed by atoms with Crippen molar-refractivity contribution < 1.29 is 0 Å². The molecule has 0 radical (unpaired) electrons. The Morgan fingerprint density at radius 2 is 0.417 bits per heavy atom. The highest BCUT2D eigenvalue weighted by Crippen LogP contribution is 2.43. The van der Waals surface area contributed by atoms with Crippen molar-refractivity contribution in [2.45, 2.75) is 0 Å². The van der Waals surface area contributed by atoms with E-state index >= 15 is 0 Å². The average molecular weight is 1380 g/mol. The van der Waals surface area contributed by atoms with E-state index in [-0.39, 0.29) is 0 Å². The van der Waals surface area contributed by atoms with Crippen molar-refractivity contribution in [3.05, 3.63) is 437 Å². The minimum Gasteiger partial charge on any atom is -0.311 e. The van der Waals surface area contributed by atoms with Gasteiger partial charge >= 0.3 is 0 Å². The number of nitrogens with zero attached hydrogens (tertiary/aromatic N) is 4. The van der Waals surface area contributed by atoms with Crippen LogP contribution in [-0.4, -0.2) is 9.13 Å². The molecular weight excluding hydrogens is 1310 g/mol. The van der Waals surface area contributed by atoms with Gasteiger partial charge in [0.2, 0.25) is 0 Å². The van der Waals surface area contributed by atoms with Crippen LogP contribution < -0.4 is 9.80 Å². The zero-order valence-electron chi connectivity index (χ0n) is 59.4. The van der Waals surface area contributed by atoms with Crippen molar-refractivity contribution in [3.8, 4) is 78.1 Å². The van der Waals surface area contributed by atoms with Crippen LogP contribution in [0.5, 0.6) is 0 Å². The van der Waals surface area contributed by atoms with Crippen LogP contribution in [0.2, 0.25) is 0 Å². The van der Waals surface area contributed by atoms with Gasteiger partial charge in [0.05, 0.1) is 22.1 Å². The van der Waals surface area contributed by atoms with E-state index in [1.54, 1.807) is 0 Å². The second-order valence-corrected chi connectivity index (χ2v) is 27.6. The van der Waals surface area contributed by atoms with Crippen LogP contribution in [0.15, 0.2) is 437 Å². The highest BCUT2D eigenvalue weighted by atomic mass is 15.1. The highest BCUT2D eigenvalue weighted by Gasteiger charge is 2.20. The summed E-state index contributed by atoms with van der Waals surface area (Å²) in [6, 6.07) is 157. The van der Waals surface area contributed by atoms with Crippen LogP contribution in [0.4, 0.5) is 34.1 Å². The Kier molecular flexibility index (Phi) is 17.0. The third-order valence-electron chi connectivity index (χ3n) is 21.2. The number of para-hydroxylation sites is 4. The molecule has 18 aromatic carbocycles. The summed E-state index contributed by atoms with van der Waals surface area (Å²) < 4.78 is 4.81. The Morgan fingerprint density at radius 1 is 0.148 bits per heavy atom. The second kappa shape index (κ2) is 28.4. The number of benzene rings is 18. The van der Waals surface area contributed by atoms with E-state index in [0.29, 0.717) is 0 Å². The number of anilines is 6. The molecule has 0 aliphatic rings. The van der Waals surface area contributed by atoms with Gasteiger partial charge in [-0.2, -0.15) is 0 Å². The number of hydrogen-bond acceptors (Lipinski definition) is 2. The van der Waals surface area contributed by atoms with Crippen LogP contribution in [-0.2, 0) is 0 Å². The standard InChI is InChI=1S/2C52H36N2/c1-3-11-37(12-4-1)38-19-21-39(22-20-38)40-23-30-45(31-24-40)53(44-14-5-2-6-15-44)46-32-25-41(26-33-46)42-27-34-47(35-28-42)54-51-18-10-9-17-49(51)50-36-29-43-13-7-8-16-48(43)52(50)54;1-3-11-37(12-4-1)38-19-21-39(22-20-38)40-23-30-45(31-24-40)53(44-14-5-2-6-15-44)46-32-25-41(26-33-46)42-27-34-47(35-28-42)54-50-18-10-9-17-49(50)52-48-16-8-7-13-43(48)29-36-51(52)54/h2*1-36H. The van der Waals surface area contributed by atoms with Gasteiger partial charge in [0.25, 0.3) is 0 Å². The fraction of sp³-hybridized carbons (Fsp3) is 0. The summed E-state index contributed by atoms with van der Waals surface area (Å²) >= 11 is 0. The molecule has 20 rings (SSSR count). The summed E-state index contributed by atoms with van der Waals surface area (Å²) in [6.45, 7) is 0. The molecule has 2 heterocycles. The topological polar surface area (TPSA) is 16.3 Å². The number of hydrogen-bond donors (Lipinski definition) is 0. The normalized spacial score (nSPS) is 11.3. The molecule has 0 fully saturated rings. The smallest absolute Gasteiger partial charge is 0.0619 e. The monoisotopic (exact) mass is 1380 g/mol. The number of aromatic nitrogens is 2. The van der Waals surface area contributed by atoms with Gasteiger partial charge in [0.15, 0.2) is 0 Å². The summed E-state index contributed by atoms with van der Waals surface area (Å²) in [5.41, 5.74) is 28.3. The zero-order chi connectivity index (χ0) is 71.7. The molecule has 0 unspecified atom stereocenters. The zero-order valence-corrected chi connectivity index (χ0v) is 59.4. The first-order chi connectivity index (χ1) is 53.6. The lowest BCUT2D eigenvalue weighted by Crippen LogP contribution is -2.09. The maximum Gasteiger partial charge on any atom is 0.0619 e. The fourth-order valence-corrected chi connectivity index (χ4v) is 15.9. The van der Waals surface area contributed by atoms with Gasteiger partial charge in [-0.05, 0) is 198 Å². The number of fused-ring (bicyclic) bond motifs is 10. The molecule has 4 heteroatoms.